The van der Waals surface area contributed by atoms with Crippen molar-refractivity contribution in [3.8, 4) is 5.75 Å². The highest BCUT2D eigenvalue weighted by Gasteiger charge is 2.19. The molecule has 33 heavy (non-hydrogen) atoms. The zero-order valence-corrected chi connectivity index (χ0v) is 19.5. The number of nitrogens with one attached hydrogen (secondary N) is 1. The molecule has 0 aliphatic carbocycles. The summed E-state index contributed by atoms with van der Waals surface area (Å²) in [4.78, 5) is 10.5. The smallest absolute Gasteiger partial charge is 0.296 e. The van der Waals surface area contributed by atoms with Crippen LogP contribution in [0.15, 0.2) is 79.6 Å². The summed E-state index contributed by atoms with van der Waals surface area (Å²) in [5.41, 5.74) is -0.201. The van der Waals surface area contributed by atoms with Gasteiger partial charge in [0.15, 0.2) is 0 Å². The van der Waals surface area contributed by atoms with Gasteiger partial charge in [0, 0.05) is 11.8 Å². The third-order valence-corrected chi connectivity index (χ3v) is 6.29. The normalized spacial score (nSPS) is 12.2. The summed E-state index contributed by atoms with van der Waals surface area (Å²) in [7, 11) is -9.34. The lowest BCUT2D eigenvalue weighted by Crippen LogP contribution is -2.11. The van der Waals surface area contributed by atoms with Crippen molar-refractivity contribution in [3.63, 3.8) is 0 Å². The fraction of sp³-hybridized carbons (Fsp3) is 0. The summed E-state index contributed by atoms with van der Waals surface area (Å²) in [5, 5.41) is 20.7. The Hall–Kier alpha value is -3.17. The molecule has 3 aromatic carbocycles. The van der Waals surface area contributed by atoms with Crippen LogP contribution < -0.4 is 5.32 Å². The van der Waals surface area contributed by atoms with E-state index in [0.29, 0.717) is 0 Å². The van der Waals surface area contributed by atoms with Crippen LogP contribution in [0.1, 0.15) is 0 Å². The highest BCUT2D eigenvalue weighted by Crippen LogP contribution is 2.37. The minimum Gasteiger partial charge on any atom is -0.507 e. The first-order valence-corrected chi connectivity index (χ1v) is 12.4. The van der Waals surface area contributed by atoms with Gasteiger partial charge in [0.2, 0.25) is 0 Å². The number of benzene rings is 3. The second-order valence-corrected chi connectivity index (χ2v) is 10.3. The number of hydrogen-bond acceptors (Lipinski definition) is 8. The van der Waals surface area contributed by atoms with Gasteiger partial charge in [-0.1, -0.05) is 18.7 Å². The summed E-state index contributed by atoms with van der Waals surface area (Å²) in [6, 6.07) is 9.76. The molecule has 0 saturated carbocycles. The van der Waals surface area contributed by atoms with E-state index in [-0.39, 0.29) is 32.3 Å². The van der Waals surface area contributed by atoms with Crippen LogP contribution >= 0.6 is 15.9 Å². The number of anilines is 1. The van der Waals surface area contributed by atoms with Gasteiger partial charge >= 0.3 is 0 Å². The number of carbonyl (C=O) groups is 1. The maximum atomic E-state index is 11.8. The minimum atomic E-state index is -4.77. The second-order valence-electron chi connectivity index (χ2n) is 6.51. The van der Waals surface area contributed by atoms with Crippen molar-refractivity contribution < 1.29 is 35.8 Å². The molecule has 4 N–H and O–H groups in total. The predicted molar refractivity (Wildman–Crippen MR) is 123 cm³/mol. The van der Waals surface area contributed by atoms with Crippen LogP contribution in [-0.2, 0) is 25.0 Å². The first-order chi connectivity index (χ1) is 15.3. The third-order valence-electron chi connectivity index (χ3n) is 4.21. The number of nitrogens with zero attached hydrogens (tertiary/aromatic N) is 2. The van der Waals surface area contributed by atoms with Crippen LogP contribution in [0.3, 0.4) is 0 Å². The van der Waals surface area contributed by atoms with Gasteiger partial charge in [0.25, 0.3) is 26.1 Å². The molecule has 0 radical (unpaired) electrons. The van der Waals surface area contributed by atoms with Gasteiger partial charge < -0.3 is 10.4 Å². The molecule has 0 heterocycles. The molecule has 11 nitrogen and oxygen atoms in total. The molecule has 14 heteroatoms. The van der Waals surface area contributed by atoms with E-state index in [1.54, 1.807) is 0 Å². The van der Waals surface area contributed by atoms with E-state index in [1.165, 1.54) is 30.3 Å². The number of hydrogen-bond donors (Lipinski definition) is 4. The van der Waals surface area contributed by atoms with Crippen LogP contribution in [0.2, 0.25) is 0 Å². The van der Waals surface area contributed by atoms with Crippen LogP contribution in [-0.4, -0.2) is 37.0 Å². The van der Waals surface area contributed by atoms with E-state index in [2.05, 4.69) is 38.1 Å². The number of halogens is 1. The topological polar surface area (TPSA) is 183 Å². The second kappa shape index (κ2) is 8.99. The van der Waals surface area contributed by atoms with E-state index >= 15 is 0 Å². The van der Waals surface area contributed by atoms with Crippen molar-refractivity contribution >= 4 is 69.9 Å². The lowest BCUT2D eigenvalue weighted by atomic mass is 10.1. The fourth-order valence-corrected chi connectivity index (χ4v) is 4.06. The quantitative estimate of drug-likeness (QED) is 0.197. The number of carbonyl (C=O) groups excluding carboxylic acids is 1. The molecular formula is C19H14BrN3O8S2. The molecule has 3 rings (SSSR count). The number of aromatic hydroxyl groups is 1. The minimum absolute atomic E-state index is 0.00686. The Bertz CT molecular complexity index is 1550. The molecule has 0 unspecified atom stereocenters. The molecular weight excluding hydrogens is 542 g/mol. The van der Waals surface area contributed by atoms with Crippen LogP contribution in [0, 0.1) is 0 Å². The number of azo groups is 1. The highest BCUT2D eigenvalue weighted by atomic mass is 79.9. The molecule has 0 spiro atoms. The molecule has 0 bridgehead atoms. The summed E-state index contributed by atoms with van der Waals surface area (Å²) in [5.74, 6) is -1.15. The summed E-state index contributed by atoms with van der Waals surface area (Å²) in [6.07, 6.45) is 0. The monoisotopic (exact) mass is 555 g/mol. The molecule has 0 atom stereocenters. The van der Waals surface area contributed by atoms with Crippen LogP contribution in [0.5, 0.6) is 5.75 Å². The maximum absolute atomic E-state index is 11.8. The molecule has 0 saturated heterocycles. The Labute approximate surface area is 196 Å². The SMILES string of the molecule is C=C(Br)C(=O)Nc1ccc(N=Nc2cccc3cc(S(=O)(=O)O)cc(O)c23)c(S(=O)(=O)O)c1. The summed E-state index contributed by atoms with van der Waals surface area (Å²) in [6.45, 7) is 3.39. The summed E-state index contributed by atoms with van der Waals surface area (Å²) < 4.78 is 65.2. The molecule has 0 aliphatic heterocycles. The molecule has 0 fully saturated rings. The van der Waals surface area contributed by atoms with Gasteiger partial charge in [-0.3, -0.25) is 13.9 Å². The van der Waals surface area contributed by atoms with Crippen molar-refractivity contribution in [1.82, 2.24) is 0 Å². The number of rotatable bonds is 6. The zero-order chi connectivity index (χ0) is 24.6. The van der Waals surface area contributed by atoms with E-state index < -0.39 is 41.7 Å². The highest BCUT2D eigenvalue weighted by molar-refractivity contribution is 9.12. The van der Waals surface area contributed by atoms with Gasteiger partial charge in [-0.2, -0.15) is 16.8 Å². The van der Waals surface area contributed by atoms with E-state index in [0.717, 1.165) is 18.2 Å². The Morgan fingerprint density at radius 1 is 0.939 bits per heavy atom. The Balaban J connectivity index is 2.09. The van der Waals surface area contributed by atoms with E-state index in [4.69, 9.17) is 0 Å². The largest absolute Gasteiger partial charge is 0.507 e. The van der Waals surface area contributed by atoms with Crippen molar-refractivity contribution in [2.75, 3.05) is 5.32 Å². The fourth-order valence-electron chi connectivity index (χ4n) is 2.78. The molecule has 172 valence electrons. The maximum Gasteiger partial charge on any atom is 0.296 e. The van der Waals surface area contributed by atoms with Gasteiger partial charge in [0.1, 0.15) is 16.3 Å². The van der Waals surface area contributed by atoms with Gasteiger partial charge in [-0.25, -0.2) is 0 Å². The van der Waals surface area contributed by atoms with Crippen molar-refractivity contribution in [1.29, 1.82) is 0 Å². The average molecular weight is 556 g/mol. The predicted octanol–water partition coefficient (Wildman–Crippen LogP) is 4.30. The molecule has 1 amide bonds. The molecule has 0 aliphatic rings. The first-order valence-electron chi connectivity index (χ1n) is 8.69. The summed E-state index contributed by atoms with van der Waals surface area (Å²) >= 11 is 2.89. The van der Waals surface area contributed by atoms with Gasteiger partial charge in [0.05, 0.1) is 20.5 Å². The number of phenolic OH excluding ortho intramolecular Hbond substituents is 1. The van der Waals surface area contributed by atoms with Crippen molar-refractivity contribution in [2.45, 2.75) is 9.79 Å². The Kier molecular flexibility index (Phi) is 6.67. The third kappa shape index (κ3) is 5.61. The van der Waals surface area contributed by atoms with Crippen molar-refractivity contribution in [3.05, 3.63) is 59.6 Å². The average Bonchev–Trinajstić information content (AvgIpc) is 2.71. The molecule has 0 aromatic heterocycles. The standard InChI is InChI=1S/C19H14BrN3O8S2/c1-10(20)19(25)21-12-5-6-14(17(8-12)33(29,30)31)22-23-15-4-2-3-11-7-13(32(26,27)28)9-16(24)18(11)15/h2-9,24H,1H2,(H,21,25)(H,26,27,28)(H,29,30,31). The lowest BCUT2D eigenvalue weighted by molar-refractivity contribution is -0.112. The van der Waals surface area contributed by atoms with Gasteiger partial charge in [-0.05, 0) is 51.6 Å². The first kappa shape index (κ1) is 24.5. The Morgan fingerprint density at radius 2 is 1.61 bits per heavy atom. The lowest BCUT2D eigenvalue weighted by Gasteiger charge is -2.08. The number of fused-ring (bicyclic) bond motifs is 1. The van der Waals surface area contributed by atoms with Crippen LogP contribution in [0.4, 0.5) is 17.1 Å². The molecule has 3 aromatic rings. The number of phenols is 1. The van der Waals surface area contributed by atoms with Gasteiger partial charge in [-0.15, -0.1) is 10.2 Å². The van der Waals surface area contributed by atoms with Crippen LogP contribution in [0.25, 0.3) is 10.8 Å². The van der Waals surface area contributed by atoms with E-state index in [9.17, 15) is 35.8 Å². The Morgan fingerprint density at radius 3 is 2.21 bits per heavy atom. The zero-order valence-electron chi connectivity index (χ0n) is 16.3. The van der Waals surface area contributed by atoms with E-state index in [1.807, 2.05) is 0 Å². The van der Waals surface area contributed by atoms with Crippen molar-refractivity contribution in [2.24, 2.45) is 10.2 Å². The number of amides is 1.